The van der Waals surface area contributed by atoms with E-state index in [0.717, 1.165) is 13.4 Å². The normalized spacial score (nSPS) is 10.0. The fourth-order valence-corrected chi connectivity index (χ4v) is 3.16. The third-order valence-electron chi connectivity index (χ3n) is 2.65. The summed E-state index contributed by atoms with van der Waals surface area (Å²) in [4.78, 5) is 23.6. The Balaban J connectivity index is 1.82. The molecule has 0 aliphatic rings. The van der Waals surface area contributed by atoms with Crippen LogP contribution in [0.3, 0.4) is 0 Å². The molecule has 0 saturated carbocycles. The Labute approximate surface area is 158 Å². The highest BCUT2D eigenvalue weighted by molar-refractivity contribution is 9.11. The molecule has 0 aromatic heterocycles. The number of amides is 2. The van der Waals surface area contributed by atoms with Crippen LogP contribution in [0.15, 0.2) is 55.9 Å². The van der Waals surface area contributed by atoms with Crippen molar-refractivity contribution in [2.75, 3.05) is 6.61 Å². The van der Waals surface area contributed by atoms with Gasteiger partial charge in [0.15, 0.2) is 6.61 Å². The minimum atomic E-state index is -0.469. The average Bonchev–Trinajstić information content (AvgIpc) is 2.51. The molecule has 23 heavy (non-hydrogen) atoms. The third kappa shape index (κ3) is 5.63. The van der Waals surface area contributed by atoms with E-state index in [-0.39, 0.29) is 6.61 Å². The number of benzene rings is 2. The predicted molar refractivity (Wildman–Crippen MR) is 97.1 cm³/mol. The van der Waals surface area contributed by atoms with E-state index in [4.69, 9.17) is 4.74 Å². The van der Waals surface area contributed by atoms with Crippen molar-refractivity contribution >= 4 is 59.6 Å². The summed E-state index contributed by atoms with van der Waals surface area (Å²) in [5.41, 5.74) is 5.05. The zero-order valence-electron chi connectivity index (χ0n) is 11.6. The highest BCUT2D eigenvalue weighted by Gasteiger charge is 2.09. The molecule has 0 aliphatic carbocycles. The minimum absolute atomic E-state index is 0.223. The Morgan fingerprint density at radius 3 is 2.39 bits per heavy atom. The van der Waals surface area contributed by atoms with Gasteiger partial charge in [0.05, 0.1) is 4.47 Å². The first-order chi connectivity index (χ1) is 11.0. The van der Waals surface area contributed by atoms with E-state index in [9.17, 15) is 9.59 Å². The van der Waals surface area contributed by atoms with Crippen molar-refractivity contribution in [3.63, 3.8) is 0 Å². The van der Waals surface area contributed by atoms with Crippen LogP contribution in [0.4, 0.5) is 0 Å². The zero-order valence-corrected chi connectivity index (χ0v) is 16.4. The molecule has 2 rings (SSSR count). The summed E-state index contributed by atoms with van der Waals surface area (Å²) in [5, 5.41) is 0. The van der Waals surface area contributed by atoms with E-state index in [0.29, 0.717) is 11.3 Å². The second-order valence-electron chi connectivity index (χ2n) is 4.38. The van der Waals surface area contributed by atoms with Gasteiger partial charge in [0.25, 0.3) is 11.8 Å². The van der Waals surface area contributed by atoms with Crippen LogP contribution in [-0.2, 0) is 4.79 Å². The lowest BCUT2D eigenvalue weighted by Crippen LogP contribution is -2.43. The molecule has 120 valence electrons. The van der Waals surface area contributed by atoms with Crippen LogP contribution in [0.25, 0.3) is 0 Å². The first-order valence-corrected chi connectivity index (χ1v) is 8.76. The maximum Gasteiger partial charge on any atom is 0.276 e. The molecule has 2 N–H and O–H groups in total. The molecular weight excluding hydrogens is 496 g/mol. The molecule has 0 unspecified atom stereocenters. The number of nitrogens with one attached hydrogen (secondary N) is 2. The molecular formula is C15H11Br3N2O3. The van der Waals surface area contributed by atoms with Crippen LogP contribution < -0.4 is 15.6 Å². The Morgan fingerprint density at radius 1 is 0.957 bits per heavy atom. The Morgan fingerprint density at radius 2 is 1.70 bits per heavy atom. The summed E-state index contributed by atoms with van der Waals surface area (Å²) in [7, 11) is 0. The van der Waals surface area contributed by atoms with E-state index in [1.807, 2.05) is 6.07 Å². The minimum Gasteiger partial charge on any atom is -0.483 e. The lowest BCUT2D eigenvalue weighted by atomic mass is 10.2. The monoisotopic (exact) mass is 504 g/mol. The predicted octanol–water partition coefficient (Wildman–Crippen LogP) is 3.81. The zero-order chi connectivity index (χ0) is 16.8. The maximum atomic E-state index is 11.9. The Bertz CT molecular complexity index is 738. The summed E-state index contributed by atoms with van der Waals surface area (Å²) >= 11 is 9.94. The van der Waals surface area contributed by atoms with Crippen LogP contribution in [0.1, 0.15) is 10.4 Å². The van der Waals surface area contributed by atoms with Crippen LogP contribution in [0.2, 0.25) is 0 Å². The number of hydrazine groups is 1. The van der Waals surface area contributed by atoms with Crippen LogP contribution >= 0.6 is 47.8 Å². The largest absolute Gasteiger partial charge is 0.483 e. The number of rotatable bonds is 4. The van der Waals surface area contributed by atoms with Gasteiger partial charge in [-0.1, -0.05) is 37.9 Å². The summed E-state index contributed by atoms with van der Waals surface area (Å²) in [6, 6.07) is 12.2. The SMILES string of the molecule is O=C(COc1ccc(Br)cc1Br)NNC(=O)c1cccc(Br)c1. The molecule has 2 aromatic carbocycles. The van der Waals surface area contributed by atoms with Crippen LogP contribution in [0, 0.1) is 0 Å². The molecule has 8 heteroatoms. The molecule has 0 radical (unpaired) electrons. The number of hydrogen-bond acceptors (Lipinski definition) is 3. The Hall–Kier alpha value is -1.38. The number of halogens is 3. The van der Waals surface area contributed by atoms with Crippen molar-refractivity contribution in [3.8, 4) is 5.75 Å². The van der Waals surface area contributed by atoms with Gasteiger partial charge in [-0.05, 0) is 52.3 Å². The smallest absolute Gasteiger partial charge is 0.276 e. The van der Waals surface area contributed by atoms with Gasteiger partial charge >= 0.3 is 0 Å². The number of hydrogen-bond donors (Lipinski definition) is 2. The first-order valence-electron chi connectivity index (χ1n) is 6.38. The average molecular weight is 507 g/mol. The van der Waals surface area contributed by atoms with Gasteiger partial charge in [0, 0.05) is 14.5 Å². The molecule has 0 atom stereocenters. The summed E-state index contributed by atoms with van der Waals surface area (Å²) < 4.78 is 7.76. The van der Waals surface area contributed by atoms with Crippen LogP contribution in [-0.4, -0.2) is 18.4 Å². The van der Waals surface area contributed by atoms with E-state index >= 15 is 0 Å². The fraction of sp³-hybridized carbons (Fsp3) is 0.0667. The molecule has 0 spiro atoms. The van der Waals surface area contributed by atoms with Gasteiger partial charge in [0.1, 0.15) is 5.75 Å². The van der Waals surface area contributed by atoms with Gasteiger partial charge in [-0.25, -0.2) is 0 Å². The van der Waals surface area contributed by atoms with Crippen molar-refractivity contribution in [1.82, 2.24) is 10.9 Å². The summed E-state index contributed by atoms with van der Waals surface area (Å²) in [5.74, 6) is -0.352. The lowest BCUT2D eigenvalue weighted by Gasteiger charge is -2.10. The summed E-state index contributed by atoms with van der Waals surface area (Å²) in [6.07, 6.45) is 0. The van der Waals surface area contributed by atoms with Crippen molar-refractivity contribution in [2.24, 2.45) is 0 Å². The second-order valence-corrected chi connectivity index (χ2v) is 7.06. The first kappa shape index (κ1) is 18.0. The van der Waals surface area contributed by atoms with Crippen molar-refractivity contribution in [2.45, 2.75) is 0 Å². The molecule has 5 nitrogen and oxygen atoms in total. The van der Waals surface area contributed by atoms with Gasteiger partial charge in [-0.3, -0.25) is 20.4 Å². The van der Waals surface area contributed by atoms with Crippen molar-refractivity contribution in [3.05, 3.63) is 61.4 Å². The topological polar surface area (TPSA) is 67.4 Å². The quantitative estimate of drug-likeness (QED) is 0.620. The molecule has 0 bridgehead atoms. The maximum absolute atomic E-state index is 11.9. The Kier molecular flexibility index (Phi) is 6.61. The molecule has 2 aromatic rings. The van der Waals surface area contributed by atoms with Crippen molar-refractivity contribution in [1.29, 1.82) is 0 Å². The van der Waals surface area contributed by atoms with Crippen molar-refractivity contribution < 1.29 is 14.3 Å². The number of ether oxygens (including phenoxy) is 1. The second kappa shape index (κ2) is 8.47. The van der Waals surface area contributed by atoms with Gasteiger partial charge in [0.2, 0.25) is 0 Å². The van der Waals surface area contributed by atoms with E-state index in [1.165, 1.54) is 0 Å². The summed E-state index contributed by atoms with van der Waals surface area (Å²) in [6.45, 7) is -0.223. The molecule has 0 fully saturated rings. The highest BCUT2D eigenvalue weighted by atomic mass is 79.9. The number of carbonyl (C=O) groups is 2. The molecule has 0 aliphatic heterocycles. The molecule has 0 saturated heterocycles. The van der Waals surface area contributed by atoms with Gasteiger partial charge < -0.3 is 4.74 Å². The standard InChI is InChI=1S/C15H11Br3N2O3/c16-10-3-1-2-9(6-10)15(22)20-19-14(21)8-23-13-5-4-11(17)7-12(13)18/h1-7H,8H2,(H,19,21)(H,20,22). The molecule has 2 amide bonds. The number of carbonyl (C=O) groups excluding carboxylic acids is 2. The van der Waals surface area contributed by atoms with Gasteiger partial charge in [-0.15, -0.1) is 0 Å². The third-order valence-corrected chi connectivity index (χ3v) is 4.26. The van der Waals surface area contributed by atoms with Gasteiger partial charge in [-0.2, -0.15) is 0 Å². The van der Waals surface area contributed by atoms with Crippen LogP contribution in [0.5, 0.6) is 5.75 Å². The fourth-order valence-electron chi connectivity index (χ4n) is 1.60. The lowest BCUT2D eigenvalue weighted by molar-refractivity contribution is -0.123. The van der Waals surface area contributed by atoms with E-state index < -0.39 is 11.8 Å². The highest BCUT2D eigenvalue weighted by Crippen LogP contribution is 2.28. The molecule has 0 heterocycles. The van der Waals surface area contributed by atoms with E-state index in [1.54, 1.807) is 36.4 Å². The van der Waals surface area contributed by atoms with E-state index in [2.05, 4.69) is 58.6 Å².